The van der Waals surface area contributed by atoms with Crippen LogP contribution in [0.5, 0.6) is 5.75 Å². The molecule has 4 aromatic rings. The van der Waals surface area contributed by atoms with Crippen LogP contribution in [-0.2, 0) is 46.9 Å². The Morgan fingerprint density at radius 2 is 1.49 bits per heavy atom. The van der Waals surface area contributed by atoms with Crippen molar-refractivity contribution in [1.29, 1.82) is 0 Å². The van der Waals surface area contributed by atoms with Gasteiger partial charge in [0.2, 0.25) is 17.7 Å². The summed E-state index contributed by atoms with van der Waals surface area (Å²) in [6, 6.07) is 27.1. The highest BCUT2D eigenvalue weighted by atomic mass is 19.1. The Kier molecular flexibility index (Phi) is 10.2. The zero-order chi connectivity index (χ0) is 31.8. The molecule has 0 aromatic heterocycles. The second kappa shape index (κ2) is 14.6. The number of amides is 3. The van der Waals surface area contributed by atoms with Crippen LogP contribution in [0.1, 0.15) is 34.7 Å². The molecular formula is C36H35F2N3O4. The third-order valence-electron chi connectivity index (χ3n) is 7.84. The van der Waals surface area contributed by atoms with Gasteiger partial charge >= 0.3 is 0 Å². The SMILES string of the molecule is CC(C(=O)NCc1cc(F)cc(F)c1)C(=O)NC(Cc1ccccc1)C(=O)N1CCc2c(cccc2OCc2ccccc2)C1. The molecule has 0 saturated heterocycles. The van der Waals surface area contributed by atoms with Crippen molar-refractivity contribution >= 4 is 17.7 Å². The van der Waals surface area contributed by atoms with Gasteiger partial charge in [0.15, 0.2) is 0 Å². The molecule has 5 rings (SSSR count). The van der Waals surface area contributed by atoms with E-state index in [2.05, 4.69) is 10.6 Å². The van der Waals surface area contributed by atoms with E-state index in [0.717, 1.165) is 46.2 Å². The fraction of sp³-hybridized carbons (Fsp3) is 0.250. The monoisotopic (exact) mass is 611 g/mol. The van der Waals surface area contributed by atoms with Crippen LogP contribution in [0, 0.1) is 17.6 Å². The first-order chi connectivity index (χ1) is 21.8. The summed E-state index contributed by atoms with van der Waals surface area (Å²) in [6.45, 7) is 2.52. The molecule has 1 heterocycles. The number of nitrogens with one attached hydrogen (secondary N) is 2. The van der Waals surface area contributed by atoms with Crippen molar-refractivity contribution in [2.24, 2.45) is 5.92 Å². The van der Waals surface area contributed by atoms with Crippen molar-refractivity contribution in [3.63, 3.8) is 0 Å². The molecule has 0 spiro atoms. The Hall–Kier alpha value is -5.05. The van der Waals surface area contributed by atoms with Crippen molar-refractivity contribution in [1.82, 2.24) is 15.5 Å². The second-order valence-electron chi connectivity index (χ2n) is 11.1. The topological polar surface area (TPSA) is 87.7 Å². The summed E-state index contributed by atoms with van der Waals surface area (Å²) in [5, 5.41) is 5.34. The number of benzene rings is 4. The van der Waals surface area contributed by atoms with Crippen LogP contribution in [0.25, 0.3) is 0 Å². The molecule has 0 saturated carbocycles. The molecule has 7 nitrogen and oxygen atoms in total. The number of rotatable bonds is 11. The zero-order valence-corrected chi connectivity index (χ0v) is 25.0. The molecule has 232 valence electrons. The molecule has 9 heteroatoms. The number of nitrogens with zero attached hydrogens (tertiary/aromatic N) is 1. The van der Waals surface area contributed by atoms with Crippen LogP contribution in [-0.4, -0.2) is 35.2 Å². The molecule has 0 bridgehead atoms. The smallest absolute Gasteiger partial charge is 0.245 e. The van der Waals surface area contributed by atoms with E-state index in [1.54, 1.807) is 4.90 Å². The number of ether oxygens (including phenoxy) is 1. The van der Waals surface area contributed by atoms with E-state index in [1.807, 2.05) is 78.9 Å². The average Bonchev–Trinajstić information content (AvgIpc) is 3.05. The van der Waals surface area contributed by atoms with E-state index in [1.165, 1.54) is 6.92 Å². The summed E-state index contributed by atoms with van der Waals surface area (Å²) in [5.41, 5.74) is 4.18. The fourth-order valence-corrected chi connectivity index (χ4v) is 5.37. The number of hydrogen-bond acceptors (Lipinski definition) is 4. The quantitative estimate of drug-likeness (QED) is 0.231. The van der Waals surface area contributed by atoms with Crippen LogP contribution in [0.15, 0.2) is 97.1 Å². The maximum absolute atomic E-state index is 13.9. The van der Waals surface area contributed by atoms with Gasteiger partial charge in [0, 0.05) is 37.7 Å². The number of fused-ring (bicyclic) bond motifs is 1. The third-order valence-corrected chi connectivity index (χ3v) is 7.84. The first-order valence-electron chi connectivity index (χ1n) is 14.9. The Balaban J connectivity index is 1.25. The number of halogens is 2. The molecule has 3 amide bonds. The normalized spacial score (nSPS) is 13.7. The standard InChI is InChI=1S/C36H35F2N3O4/c1-24(34(42)39-21-27-17-29(37)20-30(38)18-27)35(43)40-32(19-25-9-4-2-5-10-25)36(44)41-16-15-31-28(22-41)13-8-14-33(31)45-23-26-11-6-3-7-12-26/h2-14,17-18,20,24,32H,15-16,19,21-23H2,1H3,(H,39,42)(H,40,43). The Morgan fingerprint density at radius 3 is 2.18 bits per heavy atom. The highest BCUT2D eigenvalue weighted by Gasteiger charge is 2.32. The van der Waals surface area contributed by atoms with Crippen LogP contribution in [0.3, 0.4) is 0 Å². The lowest BCUT2D eigenvalue weighted by Gasteiger charge is -2.33. The predicted molar refractivity (Wildman–Crippen MR) is 166 cm³/mol. The van der Waals surface area contributed by atoms with Gasteiger partial charge in [-0.15, -0.1) is 0 Å². The summed E-state index contributed by atoms with van der Waals surface area (Å²) in [5.74, 6) is -3.39. The van der Waals surface area contributed by atoms with Crippen molar-refractivity contribution in [2.45, 2.75) is 45.5 Å². The van der Waals surface area contributed by atoms with Gasteiger partial charge in [0.25, 0.3) is 0 Å². The zero-order valence-electron chi connectivity index (χ0n) is 25.0. The maximum Gasteiger partial charge on any atom is 0.245 e. The summed E-state index contributed by atoms with van der Waals surface area (Å²) >= 11 is 0. The van der Waals surface area contributed by atoms with Crippen LogP contribution >= 0.6 is 0 Å². The summed E-state index contributed by atoms with van der Waals surface area (Å²) in [6.07, 6.45) is 0.837. The van der Waals surface area contributed by atoms with Gasteiger partial charge in [0.1, 0.15) is 36.0 Å². The summed E-state index contributed by atoms with van der Waals surface area (Å²) in [7, 11) is 0. The number of carbonyl (C=O) groups is 3. The van der Waals surface area contributed by atoms with Gasteiger partial charge in [-0.2, -0.15) is 0 Å². The molecular weight excluding hydrogens is 576 g/mol. The van der Waals surface area contributed by atoms with Crippen molar-refractivity contribution in [3.05, 3.63) is 137 Å². The second-order valence-corrected chi connectivity index (χ2v) is 11.1. The Bertz CT molecular complexity index is 1630. The van der Waals surface area contributed by atoms with Crippen LogP contribution < -0.4 is 15.4 Å². The van der Waals surface area contributed by atoms with Crippen molar-refractivity contribution in [2.75, 3.05) is 6.54 Å². The lowest BCUT2D eigenvalue weighted by atomic mass is 9.97. The molecule has 0 fully saturated rings. The lowest BCUT2D eigenvalue weighted by molar-refractivity contribution is -0.140. The first kappa shape index (κ1) is 31.4. The fourth-order valence-electron chi connectivity index (χ4n) is 5.37. The van der Waals surface area contributed by atoms with Gasteiger partial charge in [-0.05, 0) is 53.8 Å². The Labute approximate surface area is 261 Å². The van der Waals surface area contributed by atoms with Gasteiger partial charge < -0.3 is 20.3 Å². The largest absolute Gasteiger partial charge is 0.489 e. The lowest BCUT2D eigenvalue weighted by Crippen LogP contribution is -2.53. The molecule has 2 N–H and O–H groups in total. The molecule has 2 atom stereocenters. The maximum atomic E-state index is 13.9. The van der Waals surface area contributed by atoms with E-state index in [0.29, 0.717) is 26.1 Å². The minimum absolute atomic E-state index is 0.151. The van der Waals surface area contributed by atoms with Gasteiger partial charge in [-0.1, -0.05) is 72.8 Å². The molecule has 1 aliphatic rings. The van der Waals surface area contributed by atoms with Crippen molar-refractivity contribution in [3.8, 4) is 5.75 Å². The molecule has 1 aliphatic heterocycles. The molecule has 2 unspecified atom stereocenters. The molecule has 45 heavy (non-hydrogen) atoms. The van der Waals surface area contributed by atoms with E-state index >= 15 is 0 Å². The molecule has 0 radical (unpaired) electrons. The van der Waals surface area contributed by atoms with E-state index < -0.39 is 35.4 Å². The van der Waals surface area contributed by atoms with Crippen molar-refractivity contribution < 1.29 is 27.9 Å². The molecule has 0 aliphatic carbocycles. The van der Waals surface area contributed by atoms with Gasteiger partial charge in [-0.3, -0.25) is 14.4 Å². The number of carbonyl (C=O) groups excluding carboxylic acids is 3. The van der Waals surface area contributed by atoms with Gasteiger partial charge in [0.05, 0.1) is 0 Å². The summed E-state index contributed by atoms with van der Waals surface area (Å²) < 4.78 is 33.2. The van der Waals surface area contributed by atoms with E-state index in [9.17, 15) is 23.2 Å². The number of hydrogen-bond donors (Lipinski definition) is 2. The van der Waals surface area contributed by atoms with E-state index in [4.69, 9.17) is 4.74 Å². The van der Waals surface area contributed by atoms with Crippen LogP contribution in [0.4, 0.5) is 8.78 Å². The summed E-state index contributed by atoms with van der Waals surface area (Å²) in [4.78, 5) is 41.7. The average molecular weight is 612 g/mol. The van der Waals surface area contributed by atoms with E-state index in [-0.39, 0.29) is 24.4 Å². The first-order valence-corrected chi connectivity index (χ1v) is 14.9. The third kappa shape index (κ3) is 8.32. The predicted octanol–water partition coefficient (Wildman–Crippen LogP) is 5.11. The Morgan fingerprint density at radius 1 is 0.822 bits per heavy atom. The highest BCUT2D eigenvalue weighted by molar-refractivity contribution is 6.01. The minimum atomic E-state index is -1.15. The minimum Gasteiger partial charge on any atom is -0.489 e. The molecule has 4 aromatic carbocycles. The van der Waals surface area contributed by atoms with Gasteiger partial charge in [-0.25, -0.2) is 8.78 Å². The highest BCUT2D eigenvalue weighted by Crippen LogP contribution is 2.29. The van der Waals surface area contributed by atoms with Crippen LogP contribution in [0.2, 0.25) is 0 Å².